The second-order valence-corrected chi connectivity index (χ2v) is 9.01. The van der Waals surface area contributed by atoms with Gasteiger partial charge in [0.25, 0.3) is 5.56 Å². The third-order valence-corrected chi connectivity index (χ3v) is 6.43. The predicted octanol–water partition coefficient (Wildman–Crippen LogP) is 3.34. The molecule has 0 bridgehead atoms. The first-order chi connectivity index (χ1) is 16.1. The highest BCUT2D eigenvalue weighted by Gasteiger charge is 2.22. The van der Waals surface area contributed by atoms with Crippen LogP contribution in [0.1, 0.15) is 20.3 Å². The highest BCUT2D eigenvalue weighted by Crippen LogP contribution is 2.33. The van der Waals surface area contributed by atoms with E-state index in [1.54, 1.807) is 28.8 Å². The average molecular weight is 466 g/mol. The standard InChI is InChI=1S/C23H23N5O4S/c1-3-10-27-21(30)16-6-4-5-7-17(16)28-22(27)25-26-23(28)33-14(2)20(29)24-15-8-9-18-19(13-15)32-12-11-31-18/h4-9,13-14H,3,10-12H2,1-2H3,(H,24,29)/t14-/m0/s1. The Balaban J connectivity index is 1.44. The molecule has 9 nitrogen and oxygen atoms in total. The molecular formula is C23H23N5O4S. The SMILES string of the molecule is CCCn1c(=O)c2ccccc2n2c(S[C@@H](C)C(=O)Nc3ccc4c(c3)OCCO4)nnc12. The number of aromatic nitrogens is 4. The van der Waals surface area contributed by atoms with Crippen molar-refractivity contribution in [2.24, 2.45) is 0 Å². The first kappa shape index (κ1) is 21.3. The fraction of sp³-hybridized carbons (Fsp3) is 0.304. The molecule has 0 fully saturated rings. The smallest absolute Gasteiger partial charge is 0.262 e. The summed E-state index contributed by atoms with van der Waals surface area (Å²) in [6.45, 7) is 5.35. The van der Waals surface area contributed by atoms with Gasteiger partial charge in [-0.2, -0.15) is 0 Å². The summed E-state index contributed by atoms with van der Waals surface area (Å²) < 4.78 is 14.6. The second kappa shape index (κ2) is 8.78. The number of amides is 1. The zero-order valence-corrected chi connectivity index (χ0v) is 19.1. The number of aryl methyl sites for hydroxylation is 1. The monoisotopic (exact) mass is 465 g/mol. The van der Waals surface area contributed by atoms with Gasteiger partial charge in [0.1, 0.15) is 13.2 Å². The highest BCUT2D eigenvalue weighted by molar-refractivity contribution is 8.00. The fourth-order valence-corrected chi connectivity index (χ4v) is 4.67. The van der Waals surface area contributed by atoms with Crippen LogP contribution in [-0.4, -0.2) is 43.5 Å². The Morgan fingerprint density at radius 2 is 1.94 bits per heavy atom. The number of hydrogen-bond acceptors (Lipinski definition) is 7. The van der Waals surface area contributed by atoms with E-state index in [0.29, 0.717) is 53.3 Å². The van der Waals surface area contributed by atoms with Gasteiger partial charge in [0.15, 0.2) is 16.7 Å². The number of rotatable bonds is 6. The van der Waals surface area contributed by atoms with E-state index in [0.717, 1.165) is 11.9 Å². The lowest BCUT2D eigenvalue weighted by molar-refractivity contribution is -0.115. The van der Waals surface area contributed by atoms with Crippen molar-refractivity contribution >= 4 is 40.0 Å². The Morgan fingerprint density at radius 1 is 1.15 bits per heavy atom. The van der Waals surface area contributed by atoms with E-state index in [1.165, 1.54) is 11.8 Å². The molecule has 33 heavy (non-hydrogen) atoms. The highest BCUT2D eigenvalue weighted by atomic mass is 32.2. The molecule has 1 N–H and O–H groups in total. The Bertz CT molecular complexity index is 1410. The lowest BCUT2D eigenvalue weighted by atomic mass is 10.2. The van der Waals surface area contributed by atoms with E-state index >= 15 is 0 Å². The van der Waals surface area contributed by atoms with Crippen molar-refractivity contribution in [1.82, 2.24) is 19.2 Å². The Kier molecular flexibility index (Phi) is 5.67. The van der Waals surface area contributed by atoms with Gasteiger partial charge in [-0.25, -0.2) is 0 Å². The van der Waals surface area contributed by atoms with E-state index in [-0.39, 0.29) is 11.5 Å². The number of para-hydroxylation sites is 1. The normalized spacial score (nSPS) is 13.9. The van der Waals surface area contributed by atoms with Crippen LogP contribution < -0.4 is 20.3 Å². The lowest BCUT2D eigenvalue weighted by Crippen LogP contribution is -2.24. The molecule has 1 aliphatic rings. The lowest BCUT2D eigenvalue weighted by Gasteiger charge is -2.19. The van der Waals surface area contributed by atoms with E-state index < -0.39 is 5.25 Å². The summed E-state index contributed by atoms with van der Waals surface area (Å²) in [5, 5.41) is 12.2. The van der Waals surface area contributed by atoms with Crippen LogP contribution >= 0.6 is 11.8 Å². The maximum Gasteiger partial charge on any atom is 0.262 e. The molecule has 0 unspecified atom stereocenters. The van der Waals surface area contributed by atoms with Crippen LogP contribution in [0.5, 0.6) is 11.5 Å². The summed E-state index contributed by atoms with van der Waals surface area (Å²) in [5.41, 5.74) is 1.26. The average Bonchev–Trinajstić information content (AvgIpc) is 3.25. The van der Waals surface area contributed by atoms with Crippen LogP contribution in [0.4, 0.5) is 5.69 Å². The Labute approximate surface area is 193 Å². The molecule has 1 aliphatic heterocycles. The van der Waals surface area contributed by atoms with Gasteiger partial charge in [-0.3, -0.25) is 18.6 Å². The molecule has 3 heterocycles. The first-order valence-electron chi connectivity index (χ1n) is 10.8. The molecule has 2 aromatic heterocycles. The molecule has 0 radical (unpaired) electrons. The molecule has 0 spiro atoms. The van der Waals surface area contributed by atoms with Crippen molar-refractivity contribution in [3.05, 3.63) is 52.8 Å². The van der Waals surface area contributed by atoms with Crippen LogP contribution in [-0.2, 0) is 11.3 Å². The minimum absolute atomic E-state index is 0.0895. The number of carbonyl (C=O) groups is 1. The summed E-state index contributed by atoms with van der Waals surface area (Å²) in [6, 6.07) is 12.7. The molecule has 2 aromatic carbocycles. The molecular weight excluding hydrogens is 442 g/mol. The van der Waals surface area contributed by atoms with Crippen LogP contribution in [0, 0.1) is 0 Å². The van der Waals surface area contributed by atoms with Gasteiger partial charge in [0.2, 0.25) is 11.7 Å². The molecule has 0 saturated carbocycles. The van der Waals surface area contributed by atoms with Gasteiger partial charge in [-0.15, -0.1) is 10.2 Å². The molecule has 0 aliphatic carbocycles. The Morgan fingerprint density at radius 3 is 2.76 bits per heavy atom. The molecule has 170 valence electrons. The van der Waals surface area contributed by atoms with Gasteiger partial charge >= 0.3 is 0 Å². The van der Waals surface area contributed by atoms with Crippen molar-refractivity contribution in [2.45, 2.75) is 37.2 Å². The maximum atomic E-state index is 13.0. The fourth-order valence-electron chi connectivity index (χ4n) is 3.81. The number of thioether (sulfide) groups is 1. The molecule has 4 aromatic rings. The second-order valence-electron chi connectivity index (χ2n) is 7.70. The number of hydrogen-bond donors (Lipinski definition) is 1. The van der Waals surface area contributed by atoms with E-state index in [9.17, 15) is 9.59 Å². The van der Waals surface area contributed by atoms with E-state index in [2.05, 4.69) is 15.5 Å². The minimum Gasteiger partial charge on any atom is -0.486 e. The van der Waals surface area contributed by atoms with E-state index in [4.69, 9.17) is 9.47 Å². The molecule has 5 rings (SSSR count). The van der Waals surface area contributed by atoms with Crippen LogP contribution in [0.2, 0.25) is 0 Å². The number of anilines is 1. The molecule has 1 amide bonds. The number of nitrogens with one attached hydrogen (secondary N) is 1. The number of fused-ring (bicyclic) bond motifs is 4. The molecule has 10 heteroatoms. The van der Waals surface area contributed by atoms with Gasteiger partial charge in [0.05, 0.1) is 16.2 Å². The van der Waals surface area contributed by atoms with Crippen LogP contribution in [0.3, 0.4) is 0 Å². The number of nitrogens with zero attached hydrogens (tertiary/aromatic N) is 4. The largest absolute Gasteiger partial charge is 0.486 e. The van der Waals surface area contributed by atoms with Crippen molar-refractivity contribution < 1.29 is 14.3 Å². The quantitative estimate of drug-likeness (QED) is 0.436. The van der Waals surface area contributed by atoms with Gasteiger partial charge in [-0.1, -0.05) is 30.8 Å². The third kappa shape index (κ3) is 3.91. The summed E-state index contributed by atoms with van der Waals surface area (Å²) >= 11 is 1.29. The van der Waals surface area contributed by atoms with E-state index in [1.807, 2.05) is 36.4 Å². The zero-order valence-electron chi connectivity index (χ0n) is 18.3. The van der Waals surface area contributed by atoms with Crippen molar-refractivity contribution in [1.29, 1.82) is 0 Å². The third-order valence-electron chi connectivity index (χ3n) is 5.39. The maximum absolute atomic E-state index is 13.0. The van der Waals surface area contributed by atoms with Crippen molar-refractivity contribution in [3.8, 4) is 11.5 Å². The van der Waals surface area contributed by atoms with Crippen LogP contribution in [0.15, 0.2) is 52.4 Å². The molecule has 1 atom stereocenters. The Hall–Kier alpha value is -3.53. The van der Waals surface area contributed by atoms with Crippen molar-refractivity contribution in [3.63, 3.8) is 0 Å². The zero-order chi connectivity index (χ0) is 22.9. The summed E-state index contributed by atoms with van der Waals surface area (Å²) in [5.74, 6) is 1.58. The predicted molar refractivity (Wildman–Crippen MR) is 126 cm³/mol. The van der Waals surface area contributed by atoms with Crippen LogP contribution in [0.25, 0.3) is 16.7 Å². The number of carbonyl (C=O) groups excluding carboxylic acids is 1. The van der Waals surface area contributed by atoms with Crippen molar-refractivity contribution in [2.75, 3.05) is 18.5 Å². The van der Waals surface area contributed by atoms with Gasteiger partial charge in [0, 0.05) is 18.3 Å². The van der Waals surface area contributed by atoms with Gasteiger partial charge < -0.3 is 14.8 Å². The minimum atomic E-state index is -0.462. The van der Waals surface area contributed by atoms with Gasteiger partial charge in [-0.05, 0) is 37.6 Å². The summed E-state index contributed by atoms with van der Waals surface area (Å²) in [7, 11) is 0. The first-order valence-corrected chi connectivity index (χ1v) is 11.7. The summed E-state index contributed by atoms with van der Waals surface area (Å²) in [6.07, 6.45) is 0.789. The number of ether oxygens (including phenoxy) is 2. The summed E-state index contributed by atoms with van der Waals surface area (Å²) in [4.78, 5) is 25.9. The molecule has 0 saturated heterocycles. The number of benzene rings is 2. The topological polar surface area (TPSA) is 99.8 Å².